The molecule has 2 fully saturated rings. The molecule has 0 saturated carbocycles. The number of likely N-dealkylation sites (tertiary alicyclic amines) is 1. The molecule has 2 aliphatic heterocycles. The summed E-state index contributed by atoms with van der Waals surface area (Å²) in [5.74, 6) is 1.89. The zero-order valence-corrected chi connectivity index (χ0v) is 13.0. The second-order valence-electron chi connectivity index (χ2n) is 5.98. The van der Waals surface area contributed by atoms with E-state index < -0.39 is 0 Å². The number of ether oxygens (including phenoxy) is 2. The molecule has 5 nitrogen and oxygen atoms in total. The van der Waals surface area contributed by atoms with Crippen molar-refractivity contribution in [3.05, 3.63) is 22.6 Å². The van der Waals surface area contributed by atoms with Gasteiger partial charge in [-0.15, -0.1) is 0 Å². The van der Waals surface area contributed by atoms with Crippen LogP contribution in [0.5, 0.6) is 0 Å². The average Bonchev–Trinajstić information content (AvgIpc) is 3.08. The number of hydrogen-bond donors (Lipinski definition) is 0. The number of carbonyl (C=O) groups is 1. The molecule has 21 heavy (non-hydrogen) atoms. The molecule has 116 valence electrons. The van der Waals surface area contributed by atoms with Gasteiger partial charge in [0.25, 0.3) is 5.91 Å². The highest BCUT2D eigenvalue weighted by atomic mass is 16.7. The Morgan fingerprint density at radius 1 is 1.14 bits per heavy atom. The van der Waals surface area contributed by atoms with Crippen molar-refractivity contribution >= 4 is 5.91 Å². The standard InChI is InChI=1S/C16H23NO4/c1-10-11(2)21-12(3)14(10)15(18)17-6-4-5-13(9-17)16-19-7-8-20-16/h13,16H,4-9H2,1-3H3/t13-/m0/s1. The van der Waals surface area contributed by atoms with Crippen molar-refractivity contribution in [1.29, 1.82) is 0 Å². The first-order valence-electron chi connectivity index (χ1n) is 7.67. The number of aryl methyl sites for hydroxylation is 2. The van der Waals surface area contributed by atoms with Gasteiger partial charge in [-0.3, -0.25) is 4.79 Å². The SMILES string of the molecule is Cc1oc(C)c(C(=O)N2CCC[C@H](C3OCCO3)C2)c1C. The van der Waals surface area contributed by atoms with E-state index in [0.717, 1.165) is 36.3 Å². The van der Waals surface area contributed by atoms with Gasteiger partial charge in [0, 0.05) is 24.6 Å². The molecule has 1 aromatic heterocycles. The zero-order valence-electron chi connectivity index (χ0n) is 13.0. The van der Waals surface area contributed by atoms with Gasteiger partial charge in [0.05, 0.1) is 18.8 Å². The lowest BCUT2D eigenvalue weighted by Gasteiger charge is -2.34. The smallest absolute Gasteiger partial charge is 0.257 e. The van der Waals surface area contributed by atoms with Crippen molar-refractivity contribution in [1.82, 2.24) is 4.90 Å². The fraction of sp³-hybridized carbons (Fsp3) is 0.688. The van der Waals surface area contributed by atoms with E-state index in [-0.39, 0.29) is 18.1 Å². The minimum absolute atomic E-state index is 0.0737. The summed E-state index contributed by atoms with van der Waals surface area (Å²) in [7, 11) is 0. The van der Waals surface area contributed by atoms with Gasteiger partial charge in [-0.1, -0.05) is 0 Å². The molecule has 2 saturated heterocycles. The third kappa shape index (κ3) is 2.72. The third-order valence-electron chi connectivity index (χ3n) is 4.55. The van der Waals surface area contributed by atoms with Gasteiger partial charge in [0.2, 0.25) is 0 Å². The molecule has 0 aromatic carbocycles. The summed E-state index contributed by atoms with van der Waals surface area (Å²) in [6, 6.07) is 0. The Morgan fingerprint density at radius 2 is 1.86 bits per heavy atom. The third-order valence-corrected chi connectivity index (χ3v) is 4.55. The summed E-state index contributed by atoms with van der Waals surface area (Å²) in [5, 5.41) is 0. The Balaban J connectivity index is 1.74. The van der Waals surface area contributed by atoms with Crippen LogP contribution in [0, 0.1) is 26.7 Å². The molecular weight excluding hydrogens is 270 g/mol. The number of piperidine rings is 1. The van der Waals surface area contributed by atoms with Gasteiger partial charge in [-0.25, -0.2) is 0 Å². The van der Waals surface area contributed by atoms with Crippen molar-refractivity contribution in [2.45, 2.75) is 39.9 Å². The summed E-state index contributed by atoms with van der Waals surface area (Å²) in [4.78, 5) is 14.7. The second-order valence-corrected chi connectivity index (χ2v) is 5.98. The number of rotatable bonds is 2. The fourth-order valence-electron chi connectivity index (χ4n) is 3.33. The Labute approximate surface area is 125 Å². The van der Waals surface area contributed by atoms with E-state index in [1.807, 2.05) is 25.7 Å². The van der Waals surface area contributed by atoms with E-state index >= 15 is 0 Å². The van der Waals surface area contributed by atoms with Gasteiger partial charge in [0.15, 0.2) is 6.29 Å². The Hall–Kier alpha value is -1.33. The number of carbonyl (C=O) groups excluding carboxylic acids is 1. The van der Waals surface area contributed by atoms with Gasteiger partial charge < -0.3 is 18.8 Å². The van der Waals surface area contributed by atoms with Crippen molar-refractivity contribution in [2.75, 3.05) is 26.3 Å². The predicted molar refractivity (Wildman–Crippen MR) is 77.2 cm³/mol. The summed E-state index contributed by atoms with van der Waals surface area (Å²) < 4.78 is 16.8. The molecule has 0 spiro atoms. The highest BCUT2D eigenvalue weighted by molar-refractivity contribution is 5.97. The lowest BCUT2D eigenvalue weighted by molar-refractivity contribution is -0.0969. The summed E-state index contributed by atoms with van der Waals surface area (Å²) in [5.41, 5.74) is 1.68. The lowest BCUT2D eigenvalue weighted by Crippen LogP contribution is -2.44. The van der Waals surface area contributed by atoms with E-state index in [9.17, 15) is 4.79 Å². The maximum Gasteiger partial charge on any atom is 0.257 e. The van der Waals surface area contributed by atoms with Crippen LogP contribution in [0.1, 0.15) is 40.3 Å². The van der Waals surface area contributed by atoms with Crippen molar-refractivity contribution in [3.8, 4) is 0 Å². The molecule has 0 unspecified atom stereocenters. The molecule has 3 heterocycles. The van der Waals surface area contributed by atoms with E-state index in [2.05, 4.69) is 0 Å². The van der Waals surface area contributed by atoms with Crippen LogP contribution in [0.25, 0.3) is 0 Å². The number of amides is 1. The molecule has 3 rings (SSSR count). The lowest BCUT2D eigenvalue weighted by atomic mass is 9.96. The zero-order chi connectivity index (χ0) is 15.0. The van der Waals surface area contributed by atoms with Gasteiger partial charge in [-0.2, -0.15) is 0 Å². The highest BCUT2D eigenvalue weighted by Gasteiger charge is 2.34. The van der Waals surface area contributed by atoms with Gasteiger partial charge in [0.1, 0.15) is 11.5 Å². The molecule has 1 amide bonds. The average molecular weight is 293 g/mol. The number of furan rings is 1. The van der Waals surface area contributed by atoms with E-state index in [1.54, 1.807) is 0 Å². The molecular formula is C16H23NO4. The van der Waals surface area contributed by atoms with Crippen LogP contribution in [0.2, 0.25) is 0 Å². The van der Waals surface area contributed by atoms with E-state index in [1.165, 1.54) is 0 Å². The van der Waals surface area contributed by atoms with Crippen LogP contribution in [0.3, 0.4) is 0 Å². The first-order chi connectivity index (χ1) is 10.1. The molecule has 1 aromatic rings. The molecule has 5 heteroatoms. The predicted octanol–water partition coefficient (Wildman–Crippen LogP) is 2.43. The quantitative estimate of drug-likeness (QED) is 0.840. The van der Waals surface area contributed by atoms with Crippen LogP contribution >= 0.6 is 0 Å². The minimum atomic E-state index is -0.145. The Morgan fingerprint density at radius 3 is 2.48 bits per heavy atom. The molecule has 0 N–H and O–H groups in total. The van der Waals surface area contributed by atoms with Crippen LogP contribution in [-0.4, -0.2) is 43.4 Å². The van der Waals surface area contributed by atoms with Crippen LogP contribution in [0.4, 0.5) is 0 Å². The normalized spacial score (nSPS) is 23.8. The molecule has 2 aliphatic rings. The summed E-state index contributed by atoms with van der Waals surface area (Å²) in [6.07, 6.45) is 1.90. The maximum atomic E-state index is 12.8. The number of nitrogens with zero attached hydrogens (tertiary/aromatic N) is 1. The first kappa shape index (κ1) is 14.6. The molecule has 0 aliphatic carbocycles. The summed E-state index contributed by atoms with van der Waals surface area (Å²) >= 11 is 0. The summed E-state index contributed by atoms with van der Waals surface area (Å²) in [6.45, 7) is 8.53. The van der Waals surface area contributed by atoms with Crippen LogP contribution in [-0.2, 0) is 9.47 Å². The Kier molecular flexibility index (Phi) is 4.04. The topological polar surface area (TPSA) is 51.9 Å². The van der Waals surface area contributed by atoms with Crippen molar-refractivity contribution in [2.24, 2.45) is 5.92 Å². The van der Waals surface area contributed by atoms with Gasteiger partial charge in [-0.05, 0) is 33.6 Å². The monoisotopic (exact) mass is 293 g/mol. The van der Waals surface area contributed by atoms with E-state index in [4.69, 9.17) is 13.9 Å². The highest BCUT2D eigenvalue weighted by Crippen LogP contribution is 2.28. The molecule has 1 atom stereocenters. The van der Waals surface area contributed by atoms with Crippen LogP contribution < -0.4 is 0 Å². The number of hydrogen-bond acceptors (Lipinski definition) is 4. The van der Waals surface area contributed by atoms with Crippen LogP contribution in [0.15, 0.2) is 4.42 Å². The van der Waals surface area contributed by atoms with Gasteiger partial charge >= 0.3 is 0 Å². The Bertz CT molecular complexity index is 531. The largest absolute Gasteiger partial charge is 0.466 e. The van der Waals surface area contributed by atoms with E-state index in [0.29, 0.717) is 25.5 Å². The fourth-order valence-corrected chi connectivity index (χ4v) is 3.33. The molecule has 0 bridgehead atoms. The maximum absolute atomic E-state index is 12.8. The van der Waals surface area contributed by atoms with Crippen molar-refractivity contribution in [3.63, 3.8) is 0 Å². The second kappa shape index (κ2) is 5.81. The minimum Gasteiger partial charge on any atom is -0.466 e. The first-order valence-corrected chi connectivity index (χ1v) is 7.67. The molecule has 0 radical (unpaired) electrons. The van der Waals surface area contributed by atoms with Crippen molar-refractivity contribution < 1.29 is 18.7 Å².